The smallest absolute Gasteiger partial charge is 0.119 e. The van der Waals surface area contributed by atoms with Crippen LogP contribution in [0.1, 0.15) is 23.6 Å². The maximum absolute atomic E-state index is 13.7. The molecule has 3 rings (SSSR count). The Labute approximate surface area is 146 Å². The van der Waals surface area contributed by atoms with Crippen molar-refractivity contribution in [3.05, 3.63) is 59.4 Å². The molecule has 0 radical (unpaired) electrons. The van der Waals surface area contributed by atoms with E-state index in [1.165, 1.54) is 12.1 Å². The molecular formula is C18H19CrFNO2-. The van der Waals surface area contributed by atoms with Gasteiger partial charge in [-0.25, -0.2) is 4.39 Å². The van der Waals surface area contributed by atoms with Crippen LogP contribution in [0.5, 0.6) is 5.75 Å². The maximum Gasteiger partial charge on any atom is 0.119 e. The van der Waals surface area contributed by atoms with Gasteiger partial charge in [-0.15, -0.1) is 17.7 Å². The van der Waals surface area contributed by atoms with E-state index < -0.39 is 6.10 Å². The Morgan fingerprint density at radius 3 is 2.57 bits per heavy atom. The Kier molecular flexibility index (Phi) is 5.70. The fraction of sp³-hybridized carbons (Fsp3) is 0.333. The minimum Gasteiger partial charge on any atom is -0.497 e. The number of aliphatic hydroxyl groups is 1. The monoisotopic (exact) mass is 352 g/mol. The van der Waals surface area contributed by atoms with Gasteiger partial charge < -0.3 is 14.7 Å². The first-order valence-corrected chi connectivity index (χ1v) is 7.36. The van der Waals surface area contributed by atoms with Crippen molar-refractivity contribution in [3.63, 3.8) is 0 Å². The zero-order valence-electron chi connectivity index (χ0n) is 13.1. The summed E-state index contributed by atoms with van der Waals surface area (Å²) in [5, 5.41) is 10.3. The van der Waals surface area contributed by atoms with Crippen molar-refractivity contribution < 1.29 is 31.6 Å². The van der Waals surface area contributed by atoms with E-state index in [-0.39, 0.29) is 29.2 Å². The molecule has 1 aliphatic rings. The minimum absolute atomic E-state index is 0. The summed E-state index contributed by atoms with van der Waals surface area (Å²) in [4.78, 5) is 2.09. The second-order valence-corrected chi connectivity index (χ2v) is 5.63. The van der Waals surface area contributed by atoms with Crippen molar-refractivity contribution in [1.29, 1.82) is 0 Å². The van der Waals surface area contributed by atoms with Crippen LogP contribution in [0.15, 0.2) is 36.4 Å². The third kappa shape index (κ3) is 3.69. The molecule has 23 heavy (non-hydrogen) atoms. The van der Waals surface area contributed by atoms with Crippen LogP contribution in [0, 0.1) is 18.8 Å². The number of methoxy groups -OCH3 is 1. The van der Waals surface area contributed by atoms with Gasteiger partial charge in [0.05, 0.1) is 19.3 Å². The SMILES string of the molecule is COc1ccc(N2CC[C@@H](O)C2c2[c-]c(C)cc(F)c2)cc1.[Cr]. The number of benzene rings is 2. The summed E-state index contributed by atoms with van der Waals surface area (Å²) < 4.78 is 18.9. The third-order valence-electron chi connectivity index (χ3n) is 4.08. The van der Waals surface area contributed by atoms with Crippen LogP contribution in [-0.4, -0.2) is 24.9 Å². The Balaban J connectivity index is 0.00000192. The van der Waals surface area contributed by atoms with Gasteiger partial charge in [0, 0.05) is 35.4 Å². The summed E-state index contributed by atoms with van der Waals surface area (Å²) in [5.74, 6) is 0.494. The first-order chi connectivity index (χ1) is 10.6. The normalized spacial score (nSPS) is 20.3. The van der Waals surface area contributed by atoms with E-state index in [4.69, 9.17) is 4.74 Å². The molecule has 0 saturated carbocycles. The molecule has 0 aromatic heterocycles. The predicted molar refractivity (Wildman–Crippen MR) is 83.7 cm³/mol. The molecule has 2 aromatic carbocycles. The largest absolute Gasteiger partial charge is 0.497 e. The van der Waals surface area contributed by atoms with E-state index >= 15 is 0 Å². The molecule has 2 aromatic rings. The van der Waals surface area contributed by atoms with Crippen LogP contribution in [0.3, 0.4) is 0 Å². The molecule has 5 heteroatoms. The number of anilines is 1. The van der Waals surface area contributed by atoms with Crippen LogP contribution in [0.4, 0.5) is 10.1 Å². The van der Waals surface area contributed by atoms with Gasteiger partial charge in [0.15, 0.2) is 0 Å². The van der Waals surface area contributed by atoms with Crippen LogP contribution < -0.4 is 9.64 Å². The average molecular weight is 352 g/mol. The van der Waals surface area contributed by atoms with Gasteiger partial charge in [-0.3, -0.25) is 0 Å². The number of nitrogens with zero attached hydrogens (tertiary/aromatic N) is 1. The van der Waals surface area contributed by atoms with E-state index in [0.29, 0.717) is 12.0 Å². The fourth-order valence-corrected chi connectivity index (χ4v) is 3.07. The second-order valence-electron chi connectivity index (χ2n) is 5.63. The number of hydrogen-bond acceptors (Lipinski definition) is 3. The molecule has 0 bridgehead atoms. The van der Waals surface area contributed by atoms with Crippen LogP contribution in [0.2, 0.25) is 0 Å². The summed E-state index contributed by atoms with van der Waals surface area (Å²) >= 11 is 0. The zero-order chi connectivity index (χ0) is 15.7. The van der Waals surface area contributed by atoms with Crippen molar-refractivity contribution >= 4 is 5.69 Å². The number of hydrogen-bond donors (Lipinski definition) is 1. The first-order valence-electron chi connectivity index (χ1n) is 7.36. The zero-order valence-corrected chi connectivity index (χ0v) is 14.4. The van der Waals surface area contributed by atoms with Gasteiger partial charge in [0.1, 0.15) is 5.75 Å². The van der Waals surface area contributed by atoms with E-state index in [2.05, 4.69) is 11.0 Å². The molecule has 2 atom stereocenters. The number of halogens is 1. The summed E-state index contributed by atoms with van der Waals surface area (Å²) in [6.45, 7) is 2.53. The third-order valence-corrected chi connectivity index (χ3v) is 4.08. The van der Waals surface area contributed by atoms with Gasteiger partial charge >= 0.3 is 0 Å². The van der Waals surface area contributed by atoms with E-state index in [9.17, 15) is 9.50 Å². The summed E-state index contributed by atoms with van der Waals surface area (Å²) in [6, 6.07) is 13.5. The summed E-state index contributed by atoms with van der Waals surface area (Å²) in [7, 11) is 1.63. The second kappa shape index (κ2) is 7.36. The van der Waals surface area contributed by atoms with Gasteiger partial charge in [-0.2, -0.15) is 11.6 Å². The van der Waals surface area contributed by atoms with Crippen LogP contribution in [-0.2, 0) is 17.4 Å². The van der Waals surface area contributed by atoms with Gasteiger partial charge in [-0.05, 0) is 30.7 Å². The van der Waals surface area contributed by atoms with Crippen molar-refractivity contribution in [2.45, 2.75) is 25.5 Å². The van der Waals surface area contributed by atoms with Crippen LogP contribution in [0.25, 0.3) is 0 Å². The van der Waals surface area contributed by atoms with E-state index in [1.807, 2.05) is 31.2 Å². The molecule has 1 heterocycles. The molecule has 0 spiro atoms. The molecule has 0 aliphatic carbocycles. The number of aryl methyl sites for hydroxylation is 1. The van der Waals surface area contributed by atoms with Crippen molar-refractivity contribution in [1.82, 2.24) is 0 Å². The number of aliphatic hydroxyl groups excluding tert-OH is 1. The molecule has 1 N–H and O–H groups in total. The summed E-state index contributed by atoms with van der Waals surface area (Å²) in [5.41, 5.74) is 2.42. The average Bonchev–Trinajstić information content (AvgIpc) is 2.88. The molecule has 1 saturated heterocycles. The molecule has 1 fully saturated rings. The standard InChI is InChI=1S/C18H19FNO2.Cr/c1-12-9-13(11-14(19)10-12)18-17(21)7-8-20(18)15-3-5-16(22-2)6-4-15;/h3-6,10-11,17-18,21H,7-8H2,1-2H3;/q-1;/t17-,18?;/m1./s1. The molecular weight excluding hydrogens is 333 g/mol. The topological polar surface area (TPSA) is 32.7 Å². The molecule has 0 amide bonds. The molecule has 122 valence electrons. The predicted octanol–water partition coefficient (Wildman–Crippen LogP) is 3.25. The van der Waals surface area contributed by atoms with Crippen molar-refractivity contribution in [2.24, 2.45) is 0 Å². The van der Waals surface area contributed by atoms with Crippen molar-refractivity contribution in [3.8, 4) is 5.75 Å². The molecule has 1 aliphatic heterocycles. The van der Waals surface area contributed by atoms with Gasteiger partial charge in [-0.1, -0.05) is 6.92 Å². The van der Waals surface area contributed by atoms with Gasteiger partial charge in [0.2, 0.25) is 0 Å². The summed E-state index contributed by atoms with van der Waals surface area (Å²) in [6.07, 6.45) is 0.125. The number of rotatable bonds is 3. The van der Waals surface area contributed by atoms with Gasteiger partial charge in [0.25, 0.3) is 0 Å². The Morgan fingerprint density at radius 2 is 1.96 bits per heavy atom. The van der Waals surface area contributed by atoms with Crippen LogP contribution >= 0.6 is 0 Å². The minimum atomic E-state index is -0.528. The van der Waals surface area contributed by atoms with E-state index in [1.54, 1.807) is 7.11 Å². The Hall–Kier alpha value is -1.54. The first kappa shape index (κ1) is 17.8. The molecule has 3 nitrogen and oxygen atoms in total. The Bertz CT molecular complexity index is 642. The maximum atomic E-state index is 13.7. The number of ether oxygens (including phenoxy) is 1. The Morgan fingerprint density at radius 1 is 1.26 bits per heavy atom. The van der Waals surface area contributed by atoms with E-state index in [0.717, 1.165) is 23.5 Å². The quantitative estimate of drug-likeness (QED) is 0.861. The van der Waals surface area contributed by atoms with Crippen molar-refractivity contribution in [2.75, 3.05) is 18.6 Å². The fourth-order valence-electron chi connectivity index (χ4n) is 3.07. The molecule has 1 unspecified atom stereocenters.